The molecule has 0 saturated heterocycles. The first-order valence-corrected chi connectivity index (χ1v) is 7.68. The van der Waals surface area contributed by atoms with Crippen molar-refractivity contribution in [3.63, 3.8) is 0 Å². The van der Waals surface area contributed by atoms with Gasteiger partial charge in [-0.2, -0.15) is 0 Å². The topological polar surface area (TPSA) is 20.2 Å². The van der Waals surface area contributed by atoms with Crippen LogP contribution in [0.3, 0.4) is 0 Å². The summed E-state index contributed by atoms with van der Waals surface area (Å²) in [6.07, 6.45) is 14.3. The Kier molecular flexibility index (Phi) is 9.09. The minimum atomic E-state index is 0.250. The highest BCUT2D eigenvalue weighted by Crippen LogP contribution is 2.25. The van der Waals surface area contributed by atoms with E-state index in [0.29, 0.717) is 0 Å². The number of unbranched alkanes of at least 4 members (excludes halogenated alkanes) is 1. The highest BCUT2D eigenvalue weighted by molar-refractivity contribution is 5.14. The van der Waals surface area contributed by atoms with E-state index < -0.39 is 0 Å². The highest BCUT2D eigenvalue weighted by atomic mass is 16.2. The maximum Gasteiger partial charge on any atom is 0.0402 e. The van der Waals surface area contributed by atoms with Crippen LogP contribution in [-0.2, 0) is 6.42 Å². The average Bonchev–Trinajstić information content (AvgIpc) is 2.94. The van der Waals surface area contributed by atoms with E-state index in [1.807, 2.05) is 0 Å². The van der Waals surface area contributed by atoms with Crippen LogP contribution in [0, 0.1) is 5.92 Å². The molecule has 106 valence electrons. The Labute approximate surface area is 118 Å². The summed E-state index contributed by atoms with van der Waals surface area (Å²) in [5, 5.41) is 7.57. The first-order valence-electron chi connectivity index (χ1n) is 7.68. The predicted octanol–water partition coefficient (Wildman–Crippen LogP) is 4.75. The molecule has 1 aromatic carbocycles. The van der Waals surface area contributed by atoms with Crippen LogP contribution in [0.15, 0.2) is 42.5 Å². The Morgan fingerprint density at radius 1 is 1.16 bits per heavy atom. The first-order chi connectivity index (χ1) is 9.36. The molecule has 19 heavy (non-hydrogen) atoms. The maximum absolute atomic E-state index is 7.57. The van der Waals surface area contributed by atoms with Gasteiger partial charge in [-0.05, 0) is 50.5 Å². The standard InChI is InChI=1S/C16H22.C2H6O/c1-3-9-15(10-4-1)11-5-2-6-12-16-13-7-8-14-16;1-2-3/h1,3-4,6,9-10,12,16H,2,5,7-8,11,13-14H2;3H,2H2,1H3/b12-6+;. The summed E-state index contributed by atoms with van der Waals surface area (Å²) in [4.78, 5) is 0. The van der Waals surface area contributed by atoms with Gasteiger partial charge < -0.3 is 5.11 Å². The summed E-state index contributed by atoms with van der Waals surface area (Å²) in [5.41, 5.74) is 1.47. The van der Waals surface area contributed by atoms with Crippen molar-refractivity contribution in [2.24, 2.45) is 5.92 Å². The van der Waals surface area contributed by atoms with Gasteiger partial charge in [0.05, 0.1) is 0 Å². The van der Waals surface area contributed by atoms with E-state index in [9.17, 15) is 0 Å². The number of benzene rings is 1. The molecule has 0 aliphatic heterocycles. The lowest BCUT2D eigenvalue weighted by molar-refractivity contribution is 0.318. The number of aliphatic hydroxyl groups is 1. The molecule has 0 amide bonds. The molecule has 0 unspecified atom stereocenters. The molecule has 0 aromatic heterocycles. The van der Waals surface area contributed by atoms with Gasteiger partial charge in [0.15, 0.2) is 0 Å². The number of hydrogen-bond acceptors (Lipinski definition) is 1. The number of aryl methyl sites for hydroxylation is 1. The molecule has 0 heterocycles. The molecule has 1 fully saturated rings. The van der Waals surface area contributed by atoms with E-state index >= 15 is 0 Å². The third-order valence-electron chi connectivity index (χ3n) is 3.49. The second-order valence-corrected chi connectivity index (χ2v) is 5.17. The molecule has 0 atom stereocenters. The zero-order valence-electron chi connectivity index (χ0n) is 12.2. The van der Waals surface area contributed by atoms with E-state index in [-0.39, 0.29) is 6.61 Å². The van der Waals surface area contributed by atoms with E-state index in [4.69, 9.17) is 5.11 Å². The molecule has 1 aromatic rings. The zero-order valence-corrected chi connectivity index (χ0v) is 12.2. The fourth-order valence-electron chi connectivity index (χ4n) is 2.51. The molecule has 1 N–H and O–H groups in total. The molecule has 0 bridgehead atoms. The van der Waals surface area contributed by atoms with E-state index in [0.717, 1.165) is 5.92 Å². The largest absolute Gasteiger partial charge is 0.397 e. The lowest BCUT2D eigenvalue weighted by Crippen LogP contribution is -1.86. The van der Waals surface area contributed by atoms with Gasteiger partial charge in [0.25, 0.3) is 0 Å². The van der Waals surface area contributed by atoms with Crippen LogP contribution in [0.5, 0.6) is 0 Å². The van der Waals surface area contributed by atoms with Crippen molar-refractivity contribution < 1.29 is 5.11 Å². The minimum Gasteiger partial charge on any atom is -0.397 e. The van der Waals surface area contributed by atoms with Crippen molar-refractivity contribution in [2.75, 3.05) is 6.61 Å². The van der Waals surface area contributed by atoms with Crippen molar-refractivity contribution in [2.45, 2.75) is 51.9 Å². The van der Waals surface area contributed by atoms with Gasteiger partial charge in [-0.15, -0.1) is 0 Å². The molecule has 1 aliphatic carbocycles. The van der Waals surface area contributed by atoms with Crippen molar-refractivity contribution in [1.82, 2.24) is 0 Å². The quantitative estimate of drug-likeness (QED) is 0.598. The van der Waals surface area contributed by atoms with Crippen molar-refractivity contribution in [3.05, 3.63) is 48.0 Å². The second kappa shape index (κ2) is 10.8. The average molecular weight is 260 g/mol. The van der Waals surface area contributed by atoms with Gasteiger partial charge in [0.1, 0.15) is 0 Å². The summed E-state index contributed by atoms with van der Waals surface area (Å²) in [6.45, 7) is 1.93. The summed E-state index contributed by atoms with van der Waals surface area (Å²) in [7, 11) is 0. The predicted molar refractivity (Wildman–Crippen MR) is 83.2 cm³/mol. The third-order valence-corrected chi connectivity index (χ3v) is 3.49. The van der Waals surface area contributed by atoms with Crippen LogP contribution >= 0.6 is 0 Å². The summed E-state index contributed by atoms with van der Waals surface area (Å²) in [6, 6.07) is 10.8. The molecule has 1 heteroatoms. The molecular weight excluding hydrogens is 232 g/mol. The van der Waals surface area contributed by atoms with Crippen molar-refractivity contribution in [1.29, 1.82) is 0 Å². The molecule has 0 radical (unpaired) electrons. The fourth-order valence-corrected chi connectivity index (χ4v) is 2.51. The smallest absolute Gasteiger partial charge is 0.0402 e. The van der Waals surface area contributed by atoms with Gasteiger partial charge in [-0.25, -0.2) is 0 Å². The van der Waals surface area contributed by atoms with E-state index in [2.05, 4.69) is 42.5 Å². The molecule has 1 saturated carbocycles. The SMILES string of the molecule is C(=C\C1CCCC1)/CCCc1ccccc1.CCO. The number of aliphatic hydroxyl groups excluding tert-OH is 1. The van der Waals surface area contributed by atoms with Crippen LogP contribution in [-0.4, -0.2) is 11.7 Å². The van der Waals surface area contributed by atoms with Crippen LogP contribution in [0.4, 0.5) is 0 Å². The van der Waals surface area contributed by atoms with Crippen molar-refractivity contribution >= 4 is 0 Å². The minimum absolute atomic E-state index is 0.250. The Morgan fingerprint density at radius 3 is 2.42 bits per heavy atom. The Morgan fingerprint density at radius 2 is 1.79 bits per heavy atom. The fraction of sp³-hybridized carbons (Fsp3) is 0.556. The van der Waals surface area contributed by atoms with Crippen LogP contribution < -0.4 is 0 Å². The molecule has 2 rings (SSSR count). The first kappa shape index (κ1) is 16.0. The lowest BCUT2D eigenvalue weighted by Gasteiger charge is -2.01. The number of hydrogen-bond donors (Lipinski definition) is 1. The number of rotatable bonds is 5. The van der Waals surface area contributed by atoms with Crippen LogP contribution in [0.2, 0.25) is 0 Å². The second-order valence-electron chi connectivity index (χ2n) is 5.17. The Hall–Kier alpha value is -1.08. The molecule has 0 spiro atoms. The summed E-state index contributed by atoms with van der Waals surface area (Å²) < 4.78 is 0. The molecule has 1 nitrogen and oxygen atoms in total. The van der Waals surface area contributed by atoms with Gasteiger partial charge in [-0.3, -0.25) is 0 Å². The molecular formula is C18H28O. The van der Waals surface area contributed by atoms with Gasteiger partial charge in [-0.1, -0.05) is 55.3 Å². The van der Waals surface area contributed by atoms with E-state index in [1.165, 1.54) is 50.5 Å². The number of allylic oxidation sites excluding steroid dienone is 2. The zero-order chi connectivity index (χ0) is 13.8. The summed E-state index contributed by atoms with van der Waals surface area (Å²) >= 11 is 0. The monoisotopic (exact) mass is 260 g/mol. The maximum atomic E-state index is 7.57. The van der Waals surface area contributed by atoms with E-state index in [1.54, 1.807) is 6.92 Å². The normalized spacial score (nSPS) is 15.5. The van der Waals surface area contributed by atoms with Gasteiger partial charge in [0.2, 0.25) is 0 Å². The summed E-state index contributed by atoms with van der Waals surface area (Å²) in [5.74, 6) is 0.900. The van der Waals surface area contributed by atoms with Crippen LogP contribution in [0.25, 0.3) is 0 Å². The third kappa shape index (κ3) is 7.84. The van der Waals surface area contributed by atoms with Crippen molar-refractivity contribution in [3.8, 4) is 0 Å². The Bertz CT molecular complexity index is 323. The van der Waals surface area contributed by atoms with Crippen LogP contribution in [0.1, 0.15) is 51.0 Å². The Balaban J connectivity index is 0.000000550. The molecule has 1 aliphatic rings. The highest BCUT2D eigenvalue weighted by Gasteiger charge is 2.10. The lowest BCUT2D eigenvalue weighted by atomic mass is 10.1. The van der Waals surface area contributed by atoms with Gasteiger partial charge in [0, 0.05) is 6.61 Å². The van der Waals surface area contributed by atoms with Gasteiger partial charge >= 0.3 is 0 Å².